The van der Waals surface area contributed by atoms with Gasteiger partial charge < -0.3 is 10.6 Å². The van der Waals surface area contributed by atoms with Gasteiger partial charge in [0, 0.05) is 24.0 Å². The first kappa shape index (κ1) is 20.8. The van der Waals surface area contributed by atoms with E-state index in [9.17, 15) is 8.78 Å². The van der Waals surface area contributed by atoms with Crippen LogP contribution in [0.3, 0.4) is 0 Å². The molecule has 8 heteroatoms. The SMILES string of the molecule is CN=C(NCCc1c(F)cccc1F)NCc1sc(C)nc1C.I. The second-order valence-corrected chi connectivity index (χ2v) is 6.33. The summed E-state index contributed by atoms with van der Waals surface area (Å²) in [6, 6.07) is 3.89. The van der Waals surface area contributed by atoms with Gasteiger partial charge in [0.25, 0.3) is 0 Å². The number of nitrogens with one attached hydrogen (secondary N) is 2. The standard InChI is InChI=1S/C16H20F2N4S.HI/c1-10-15(23-11(2)22-10)9-21-16(19-3)20-8-7-12-13(17)5-4-6-14(12)18;/h4-6H,7-9H2,1-3H3,(H2,19,20,21);1H. The maximum absolute atomic E-state index is 13.6. The molecule has 1 heterocycles. The van der Waals surface area contributed by atoms with E-state index >= 15 is 0 Å². The van der Waals surface area contributed by atoms with Crippen LogP contribution < -0.4 is 10.6 Å². The summed E-state index contributed by atoms with van der Waals surface area (Å²) in [5.74, 6) is -0.455. The Labute approximate surface area is 161 Å². The van der Waals surface area contributed by atoms with E-state index in [0.717, 1.165) is 15.6 Å². The Morgan fingerprint density at radius 3 is 2.42 bits per heavy atom. The number of aryl methyl sites for hydroxylation is 2. The first-order valence-corrected chi connectivity index (χ1v) is 8.13. The van der Waals surface area contributed by atoms with E-state index in [1.165, 1.54) is 18.2 Å². The molecule has 0 amide bonds. The lowest BCUT2D eigenvalue weighted by Crippen LogP contribution is -2.38. The maximum Gasteiger partial charge on any atom is 0.191 e. The summed E-state index contributed by atoms with van der Waals surface area (Å²) in [6.07, 6.45) is 0.248. The zero-order chi connectivity index (χ0) is 16.8. The number of nitrogens with zero attached hydrogens (tertiary/aromatic N) is 2. The summed E-state index contributed by atoms with van der Waals surface area (Å²) < 4.78 is 27.1. The molecule has 0 saturated carbocycles. The largest absolute Gasteiger partial charge is 0.356 e. The van der Waals surface area contributed by atoms with Gasteiger partial charge in [0.2, 0.25) is 0 Å². The van der Waals surface area contributed by atoms with E-state index < -0.39 is 11.6 Å². The molecule has 0 unspecified atom stereocenters. The van der Waals surface area contributed by atoms with E-state index in [1.54, 1.807) is 18.4 Å². The molecule has 0 aliphatic carbocycles. The zero-order valence-electron chi connectivity index (χ0n) is 13.8. The molecule has 0 atom stereocenters. The topological polar surface area (TPSA) is 49.3 Å². The van der Waals surface area contributed by atoms with E-state index in [2.05, 4.69) is 20.6 Å². The zero-order valence-corrected chi connectivity index (χ0v) is 17.0. The first-order chi connectivity index (χ1) is 11.0. The molecule has 24 heavy (non-hydrogen) atoms. The fraction of sp³-hybridized carbons (Fsp3) is 0.375. The highest BCUT2D eigenvalue weighted by Crippen LogP contribution is 2.16. The average Bonchev–Trinajstić information content (AvgIpc) is 2.83. The van der Waals surface area contributed by atoms with Gasteiger partial charge in [-0.2, -0.15) is 0 Å². The third-order valence-electron chi connectivity index (χ3n) is 3.37. The normalized spacial score (nSPS) is 11.1. The summed E-state index contributed by atoms with van der Waals surface area (Å²) in [5, 5.41) is 7.26. The van der Waals surface area contributed by atoms with Gasteiger partial charge in [0.15, 0.2) is 5.96 Å². The van der Waals surface area contributed by atoms with E-state index in [0.29, 0.717) is 19.0 Å². The van der Waals surface area contributed by atoms with Gasteiger partial charge in [-0.15, -0.1) is 35.3 Å². The molecule has 2 N–H and O–H groups in total. The van der Waals surface area contributed by atoms with E-state index in [1.807, 2.05) is 13.8 Å². The van der Waals surface area contributed by atoms with Crippen molar-refractivity contribution in [3.63, 3.8) is 0 Å². The molecule has 1 aromatic heterocycles. The van der Waals surface area contributed by atoms with Crippen LogP contribution in [0.2, 0.25) is 0 Å². The van der Waals surface area contributed by atoms with Gasteiger partial charge in [-0.3, -0.25) is 4.99 Å². The van der Waals surface area contributed by atoms with Crippen LogP contribution in [0.4, 0.5) is 8.78 Å². The molecule has 2 aromatic rings. The highest BCUT2D eigenvalue weighted by atomic mass is 127. The fourth-order valence-corrected chi connectivity index (χ4v) is 3.08. The third-order valence-corrected chi connectivity index (χ3v) is 4.44. The van der Waals surface area contributed by atoms with Crippen molar-refractivity contribution < 1.29 is 8.78 Å². The Hall–Kier alpha value is -1.29. The second-order valence-electron chi connectivity index (χ2n) is 5.04. The van der Waals surface area contributed by atoms with Gasteiger partial charge in [-0.1, -0.05) is 6.07 Å². The Kier molecular flexibility index (Phi) is 8.54. The number of rotatable bonds is 5. The predicted octanol–water partition coefficient (Wildman–Crippen LogP) is 3.56. The smallest absolute Gasteiger partial charge is 0.191 e. The number of aromatic nitrogens is 1. The van der Waals surface area contributed by atoms with Gasteiger partial charge >= 0.3 is 0 Å². The molecule has 0 radical (unpaired) electrons. The van der Waals surface area contributed by atoms with Crippen LogP contribution in [-0.4, -0.2) is 24.5 Å². The van der Waals surface area contributed by atoms with Crippen molar-refractivity contribution in [2.75, 3.05) is 13.6 Å². The lowest BCUT2D eigenvalue weighted by atomic mass is 10.1. The summed E-state index contributed by atoms with van der Waals surface area (Å²) in [4.78, 5) is 9.62. The van der Waals surface area contributed by atoms with Crippen molar-refractivity contribution in [1.29, 1.82) is 0 Å². The maximum atomic E-state index is 13.6. The molecule has 0 aliphatic heterocycles. The average molecular weight is 466 g/mol. The van der Waals surface area contributed by atoms with Crippen LogP contribution in [0.25, 0.3) is 0 Å². The van der Waals surface area contributed by atoms with Gasteiger partial charge in [0.1, 0.15) is 11.6 Å². The summed E-state index contributed by atoms with van der Waals surface area (Å²) in [6.45, 7) is 4.94. The summed E-state index contributed by atoms with van der Waals surface area (Å²) >= 11 is 1.64. The molecular formula is C16H21F2IN4S. The summed E-state index contributed by atoms with van der Waals surface area (Å²) in [5.41, 5.74) is 1.09. The van der Waals surface area contributed by atoms with Gasteiger partial charge in [0.05, 0.1) is 17.2 Å². The number of guanidine groups is 1. The molecule has 4 nitrogen and oxygen atoms in total. The van der Waals surface area contributed by atoms with Crippen LogP contribution in [-0.2, 0) is 13.0 Å². The first-order valence-electron chi connectivity index (χ1n) is 7.31. The molecule has 1 aromatic carbocycles. The lowest BCUT2D eigenvalue weighted by Gasteiger charge is -2.12. The van der Waals surface area contributed by atoms with Gasteiger partial charge in [-0.25, -0.2) is 13.8 Å². The molecule has 0 bridgehead atoms. The van der Waals surface area contributed by atoms with Crippen molar-refractivity contribution in [2.24, 2.45) is 4.99 Å². The molecule has 0 saturated heterocycles. The highest BCUT2D eigenvalue weighted by molar-refractivity contribution is 14.0. The van der Waals surface area contributed by atoms with E-state index in [4.69, 9.17) is 0 Å². The van der Waals surface area contributed by atoms with E-state index in [-0.39, 0.29) is 36.0 Å². The summed E-state index contributed by atoms with van der Waals surface area (Å²) in [7, 11) is 1.66. The lowest BCUT2D eigenvalue weighted by molar-refractivity contribution is 0.553. The van der Waals surface area contributed by atoms with Crippen LogP contribution in [0.15, 0.2) is 23.2 Å². The molecular weight excluding hydrogens is 445 g/mol. The quantitative estimate of drug-likeness (QED) is 0.403. The number of halogens is 3. The molecule has 2 rings (SSSR count). The molecule has 0 fully saturated rings. The predicted molar refractivity (Wildman–Crippen MR) is 105 cm³/mol. The van der Waals surface area contributed by atoms with Crippen molar-refractivity contribution >= 4 is 41.3 Å². The molecule has 132 valence electrons. The minimum absolute atomic E-state index is 0. The van der Waals surface area contributed by atoms with Crippen molar-refractivity contribution in [1.82, 2.24) is 15.6 Å². The number of hydrogen-bond acceptors (Lipinski definition) is 3. The number of benzene rings is 1. The van der Waals surface area contributed by atoms with Crippen molar-refractivity contribution in [3.8, 4) is 0 Å². The number of hydrogen-bond donors (Lipinski definition) is 2. The molecule has 0 aliphatic rings. The van der Waals surface area contributed by atoms with Crippen LogP contribution >= 0.6 is 35.3 Å². The van der Waals surface area contributed by atoms with Crippen molar-refractivity contribution in [2.45, 2.75) is 26.8 Å². The Morgan fingerprint density at radius 2 is 1.88 bits per heavy atom. The minimum Gasteiger partial charge on any atom is -0.356 e. The Morgan fingerprint density at radius 1 is 1.21 bits per heavy atom. The Balaban J connectivity index is 0.00000288. The van der Waals surface area contributed by atoms with Crippen molar-refractivity contribution in [3.05, 3.63) is 51.0 Å². The second kappa shape index (κ2) is 9.87. The Bertz CT molecular complexity index is 683. The highest BCUT2D eigenvalue weighted by Gasteiger charge is 2.09. The number of thiazole rings is 1. The van der Waals surface area contributed by atoms with Crippen LogP contribution in [0, 0.1) is 25.5 Å². The monoisotopic (exact) mass is 466 g/mol. The van der Waals surface area contributed by atoms with Crippen LogP contribution in [0.1, 0.15) is 21.1 Å². The van der Waals surface area contributed by atoms with Crippen LogP contribution in [0.5, 0.6) is 0 Å². The number of aliphatic imine (C=N–C) groups is 1. The van der Waals surface area contributed by atoms with Gasteiger partial charge in [-0.05, 0) is 32.4 Å². The third kappa shape index (κ3) is 5.66. The molecule has 0 spiro atoms. The fourth-order valence-electron chi connectivity index (χ4n) is 2.20. The minimum atomic E-state index is -0.523.